The number of carbonyl (C=O) groups is 1. The topological polar surface area (TPSA) is 56.0 Å². The molecule has 0 fully saturated rings. The highest BCUT2D eigenvalue weighted by molar-refractivity contribution is 5.93. The fraction of sp³-hybridized carbons (Fsp3) is 0.455. The molecular formula is C11H16N2O. The van der Waals surface area contributed by atoms with Gasteiger partial charge in [-0.2, -0.15) is 0 Å². The number of nitrogens with zero attached hydrogens (tertiary/aromatic N) is 1. The van der Waals surface area contributed by atoms with Crippen molar-refractivity contribution >= 4 is 5.91 Å². The Kier molecular flexibility index (Phi) is 3.63. The first-order valence-electron chi connectivity index (χ1n) is 4.88. The minimum Gasteiger partial charge on any atom is -0.366 e. The molecule has 76 valence electrons. The minimum atomic E-state index is -0.392. The summed E-state index contributed by atoms with van der Waals surface area (Å²) in [6.45, 7) is 4.26. The second-order valence-corrected chi connectivity index (χ2v) is 3.58. The monoisotopic (exact) mass is 192 g/mol. The van der Waals surface area contributed by atoms with Crippen LogP contribution >= 0.6 is 0 Å². The van der Waals surface area contributed by atoms with Crippen molar-refractivity contribution in [1.29, 1.82) is 0 Å². The smallest absolute Gasteiger partial charge is 0.250 e. The summed E-state index contributed by atoms with van der Waals surface area (Å²) in [5.74, 6) is 0.138. The molecule has 0 radical (unpaired) electrons. The Morgan fingerprint density at radius 2 is 2.36 bits per heavy atom. The molecule has 1 unspecified atom stereocenters. The Morgan fingerprint density at radius 1 is 1.64 bits per heavy atom. The molecule has 0 saturated heterocycles. The van der Waals surface area contributed by atoms with Gasteiger partial charge in [-0.05, 0) is 24.5 Å². The van der Waals surface area contributed by atoms with Crippen LogP contribution in [0, 0.1) is 5.92 Å². The second-order valence-electron chi connectivity index (χ2n) is 3.58. The average molecular weight is 192 g/mol. The number of amides is 1. The molecule has 0 spiro atoms. The van der Waals surface area contributed by atoms with Crippen LogP contribution in [0.5, 0.6) is 0 Å². The molecule has 0 aliphatic rings. The van der Waals surface area contributed by atoms with Crippen LogP contribution in [0.25, 0.3) is 0 Å². The van der Waals surface area contributed by atoms with E-state index in [4.69, 9.17) is 5.73 Å². The van der Waals surface area contributed by atoms with E-state index in [2.05, 4.69) is 18.8 Å². The van der Waals surface area contributed by atoms with Crippen molar-refractivity contribution in [2.45, 2.75) is 26.7 Å². The van der Waals surface area contributed by atoms with E-state index in [9.17, 15) is 4.79 Å². The van der Waals surface area contributed by atoms with Crippen LogP contribution in [-0.4, -0.2) is 10.9 Å². The van der Waals surface area contributed by atoms with E-state index in [1.165, 1.54) is 0 Å². The van der Waals surface area contributed by atoms with Gasteiger partial charge >= 0.3 is 0 Å². The number of nitrogens with two attached hydrogens (primary N) is 1. The molecule has 1 rings (SSSR count). The molecule has 1 aromatic rings. The molecule has 1 amide bonds. The summed E-state index contributed by atoms with van der Waals surface area (Å²) in [7, 11) is 0. The zero-order valence-corrected chi connectivity index (χ0v) is 8.66. The van der Waals surface area contributed by atoms with Crippen LogP contribution in [0.2, 0.25) is 0 Å². The van der Waals surface area contributed by atoms with Gasteiger partial charge in [0, 0.05) is 6.20 Å². The zero-order valence-electron chi connectivity index (χ0n) is 8.66. The van der Waals surface area contributed by atoms with Crippen molar-refractivity contribution in [2.24, 2.45) is 11.7 Å². The van der Waals surface area contributed by atoms with Crippen molar-refractivity contribution in [3.8, 4) is 0 Å². The van der Waals surface area contributed by atoms with E-state index in [-0.39, 0.29) is 0 Å². The molecule has 3 nitrogen and oxygen atoms in total. The van der Waals surface area contributed by atoms with E-state index in [0.29, 0.717) is 11.5 Å². The maximum Gasteiger partial charge on any atom is 0.250 e. The standard InChI is InChI=1S/C11H16N2O/c1-3-8(2)7-10-9(11(12)14)5-4-6-13-10/h4-6,8H,3,7H2,1-2H3,(H2,12,14). The quantitative estimate of drug-likeness (QED) is 0.790. The number of hydrogen-bond acceptors (Lipinski definition) is 2. The number of primary amides is 1. The van der Waals surface area contributed by atoms with E-state index < -0.39 is 5.91 Å². The Hall–Kier alpha value is -1.38. The SMILES string of the molecule is CCC(C)Cc1ncccc1C(N)=O. The first kappa shape index (κ1) is 10.7. The molecule has 0 aromatic carbocycles. The third-order valence-electron chi connectivity index (χ3n) is 2.39. The molecule has 1 atom stereocenters. The fourth-order valence-electron chi connectivity index (χ4n) is 1.30. The molecular weight excluding hydrogens is 176 g/mol. The lowest BCUT2D eigenvalue weighted by Gasteiger charge is -2.09. The fourth-order valence-corrected chi connectivity index (χ4v) is 1.30. The van der Waals surface area contributed by atoms with Crippen LogP contribution in [0.1, 0.15) is 36.3 Å². The summed E-state index contributed by atoms with van der Waals surface area (Å²) in [6.07, 6.45) is 3.59. The van der Waals surface area contributed by atoms with E-state index in [1.54, 1.807) is 18.3 Å². The zero-order chi connectivity index (χ0) is 10.6. The maximum absolute atomic E-state index is 11.1. The number of aromatic nitrogens is 1. The normalized spacial score (nSPS) is 12.4. The van der Waals surface area contributed by atoms with Gasteiger partial charge < -0.3 is 5.73 Å². The molecule has 0 aliphatic carbocycles. The lowest BCUT2D eigenvalue weighted by atomic mass is 9.99. The van der Waals surface area contributed by atoms with Gasteiger partial charge in [0.2, 0.25) is 0 Å². The largest absolute Gasteiger partial charge is 0.366 e. The van der Waals surface area contributed by atoms with Crippen LogP contribution in [0.4, 0.5) is 0 Å². The molecule has 14 heavy (non-hydrogen) atoms. The summed E-state index contributed by atoms with van der Waals surface area (Å²) in [4.78, 5) is 15.3. The highest BCUT2D eigenvalue weighted by Crippen LogP contribution is 2.12. The lowest BCUT2D eigenvalue weighted by Crippen LogP contribution is -2.16. The summed E-state index contributed by atoms with van der Waals surface area (Å²) in [5, 5.41) is 0. The molecule has 1 heterocycles. The van der Waals surface area contributed by atoms with Crippen LogP contribution in [0.3, 0.4) is 0 Å². The van der Waals surface area contributed by atoms with Crippen LogP contribution in [0.15, 0.2) is 18.3 Å². The number of hydrogen-bond donors (Lipinski definition) is 1. The predicted molar refractivity (Wildman–Crippen MR) is 55.9 cm³/mol. The summed E-state index contributed by atoms with van der Waals surface area (Å²) in [5.41, 5.74) is 6.62. The van der Waals surface area contributed by atoms with Gasteiger partial charge in [-0.1, -0.05) is 20.3 Å². The Morgan fingerprint density at radius 3 is 2.93 bits per heavy atom. The number of rotatable bonds is 4. The Bertz CT molecular complexity index is 323. The molecule has 0 saturated carbocycles. The third kappa shape index (κ3) is 2.55. The predicted octanol–water partition coefficient (Wildman–Crippen LogP) is 1.77. The summed E-state index contributed by atoms with van der Waals surface area (Å²) >= 11 is 0. The highest BCUT2D eigenvalue weighted by atomic mass is 16.1. The van der Waals surface area contributed by atoms with Gasteiger partial charge in [-0.25, -0.2) is 0 Å². The van der Waals surface area contributed by atoms with Crippen molar-refractivity contribution < 1.29 is 4.79 Å². The Balaban J connectivity index is 2.90. The van der Waals surface area contributed by atoms with Crippen molar-refractivity contribution in [3.05, 3.63) is 29.6 Å². The van der Waals surface area contributed by atoms with E-state index in [1.807, 2.05) is 0 Å². The third-order valence-corrected chi connectivity index (χ3v) is 2.39. The van der Waals surface area contributed by atoms with Gasteiger partial charge in [-0.3, -0.25) is 9.78 Å². The summed E-state index contributed by atoms with van der Waals surface area (Å²) < 4.78 is 0. The first-order chi connectivity index (χ1) is 6.65. The van der Waals surface area contributed by atoms with Gasteiger partial charge in [-0.15, -0.1) is 0 Å². The molecule has 0 aliphatic heterocycles. The van der Waals surface area contributed by atoms with Crippen LogP contribution in [-0.2, 0) is 6.42 Å². The highest BCUT2D eigenvalue weighted by Gasteiger charge is 2.10. The average Bonchev–Trinajstić information content (AvgIpc) is 2.18. The lowest BCUT2D eigenvalue weighted by molar-refractivity contribution is 0.0998. The van der Waals surface area contributed by atoms with Crippen LogP contribution < -0.4 is 5.73 Å². The minimum absolute atomic E-state index is 0.392. The molecule has 0 bridgehead atoms. The number of pyridine rings is 1. The van der Waals surface area contributed by atoms with Gasteiger partial charge in [0.1, 0.15) is 0 Å². The van der Waals surface area contributed by atoms with Gasteiger partial charge in [0.15, 0.2) is 0 Å². The Labute approximate surface area is 84.3 Å². The van der Waals surface area contributed by atoms with Crippen molar-refractivity contribution in [1.82, 2.24) is 4.98 Å². The maximum atomic E-state index is 11.1. The molecule has 3 heteroatoms. The molecule has 2 N–H and O–H groups in total. The van der Waals surface area contributed by atoms with E-state index >= 15 is 0 Å². The van der Waals surface area contributed by atoms with Gasteiger partial charge in [0.25, 0.3) is 5.91 Å². The van der Waals surface area contributed by atoms with Gasteiger partial charge in [0.05, 0.1) is 11.3 Å². The molecule has 1 aromatic heterocycles. The number of carbonyl (C=O) groups excluding carboxylic acids is 1. The summed E-state index contributed by atoms with van der Waals surface area (Å²) in [6, 6.07) is 3.47. The van der Waals surface area contributed by atoms with E-state index in [0.717, 1.165) is 18.5 Å². The first-order valence-corrected chi connectivity index (χ1v) is 4.88. The van der Waals surface area contributed by atoms with Crippen molar-refractivity contribution in [2.75, 3.05) is 0 Å². The van der Waals surface area contributed by atoms with Crippen molar-refractivity contribution in [3.63, 3.8) is 0 Å². The second kappa shape index (κ2) is 4.74.